The zero-order valence-corrected chi connectivity index (χ0v) is 17.2. The molecule has 32 heavy (non-hydrogen) atoms. The lowest BCUT2D eigenvalue weighted by Crippen LogP contribution is -1.96. The van der Waals surface area contributed by atoms with Gasteiger partial charge in [-0.3, -0.25) is 0 Å². The highest BCUT2D eigenvalue weighted by atomic mass is 16.6. The van der Waals surface area contributed by atoms with E-state index in [-0.39, 0.29) is 22.3 Å². The third kappa shape index (κ3) is 4.61. The normalized spacial score (nSPS) is 13.4. The summed E-state index contributed by atoms with van der Waals surface area (Å²) in [6.45, 7) is 0. The zero-order chi connectivity index (χ0) is 22.5. The largest absolute Gasteiger partial charge is 0.386 e. The fraction of sp³-hybridized carbons (Fsp3) is 0.231. The molecule has 0 saturated heterocycles. The Bertz CT molecular complexity index is 1160. The molecule has 6 nitrogen and oxygen atoms in total. The number of esters is 4. The summed E-state index contributed by atoms with van der Waals surface area (Å²) in [5, 5.41) is 0. The van der Waals surface area contributed by atoms with Gasteiger partial charge < -0.3 is 9.47 Å². The van der Waals surface area contributed by atoms with Crippen LogP contribution in [0, 0.1) is 23.7 Å². The van der Waals surface area contributed by atoms with Crippen molar-refractivity contribution < 1.29 is 28.7 Å². The standard InChI is InChI=1S/C26H18O6/c27-23-19-13-11-17(15-21(19)25(29)31-23)9-7-5-3-1-2-4-6-8-10-18-12-14-20-22(16-18)26(30)32-24(20)28/h11-16H,1-6H2. The molecular weight excluding hydrogens is 408 g/mol. The van der Waals surface area contributed by atoms with Crippen molar-refractivity contribution in [3.63, 3.8) is 0 Å². The average Bonchev–Trinajstić information content (AvgIpc) is 3.23. The number of cyclic esters (lactones) is 4. The van der Waals surface area contributed by atoms with E-state index in [2.05, 4.69) is 33.2 Å². The lowest BCUT2D eigenvalue weighted by Gasteiger charge is -1.96. The Balaban J connectivity index is 1.16. The minimum atomic E-state index is -0.620. The van der Waals surface area contributed by atoms with E-state index in [1.807, 2.05) is 0 Å². The highest BCUT2D eigenvalue weighted by molar-refractivity contribution is 6.15. The van der Waals surface area contributed by atoms with Gasteiger partial charge in [0.05, 0.1) is 22.3 Å². The number of benzene rings is 2. The molecule has 158 valence electrons. The number of rotatable bonds is 5. The Morgan fingerprint density at radius 1 is 0.531 bits per heavy atom. The predicted molar refractivity (Wildman–Crippen MR) is 114 cm³/mol. The van der Waals surface area contributed by atoms with E-state index in [4.69, 9.17) is 0 Å². The molecule has 0 aliphatic carbocycles. The summed E-state index contributed by atoms with van der Waals surface area (Å²) in [4.78, 5) is 46.0. The summed E-state index contributed by atoms with van der Waals surface area (Å²) in [6, 6.07) is 9.76. The summed E-state index contributed by atoms with van der Waals surface area (Å²) in [7, 11) is 0. The van der Waals surface area contributed by atoms with Gasteiger partial charge in [-0.2, -0.15) is 0 Å². The van der Waals surface area contributed by atoms with E-state index in [1.165, 1.54) is 0 Å². The molecule has 0 fully saturated rings. The van der Waals surface area contributed by atoms with Crippen molar-refractivity contribution >= 4 is 23.9 Å². The topological polar surface area (TPSA) is 86.7 Å². The van der Waals surface area contributed by atoms with Crippen molar-refractivity contribution in [3.05, 3.63) is 69.8 Å². The van der Waals surface area contributed by atoms with Gasteiger partial charge in [0.1, 0.15) is 0 Å². The summed E-state index contributed by atoms with van der Waals surface area (Å²) in [6.07, 6.45) is 5.49. The fourth-order valence-corrected chi connectivity index (χ4v) is 3.44. The van der Waals surface area contributed by atoms with Crippen molar-refractivity contribution in [1.82, 2.24) is 0 Å². The van der Waals surface area contributed by atoms with Gasteiger partial charge in [0, 0.05) is 24.0 Å². The van der Waals surface area contributed by atoms with Crippen LogP contribution < -0.4 is 0 Å². The molecule has 2 aliphatic heterocycles. The molecule has 6 heteroatoms. The first kappa shape index (κ1) is 21.1. The molecule has 2 heterocycles. The molecule has 2 aromatic rings. The quantitative estimate of drug-likeness (QED) is 0.310. The van der Waals surface area contributed by atoms with E-state index in [1.54, 1.807) is 36.4 Å². The van der Waals surface area contributed by atoms with Crippen LogP contribution in [-0.2, 0) is 9.47 Å². The minimum Gasteiger partial charge on any atom is -0.386 e. The second-order valence-corrected chi connectivity index (χ2v) is 7.39. The molecule has 0 unspecified atom stereocenters. The number of ether oxygens (including phenoxy) is 2. The van der Waals surface area contributed by atoms with E-state index < -0.39 is 23.9 Å². The molecular formula is C26H18O6. The Kier molecular flexibility index (Phi) is 6.14. The second-order valence-electron chi connectivity index (χ2n) is 7.39. The third-order valence-corrected chi connectivity index (χ3v) is 5.11. The van der Waals surface area contributed by atoms with Crippen LogP contribution in [0.3, 0.4) is 0 Å². The number of carbonyl (C=O) groups is 4. The van der Waals surface area contributed by atoms with Crippen molar-refractivity contribution in [3.8, 4) is 23.7 Å². The monoisotopic (exact) mass is 426 g/mol. The van der Waals surface area contributed by atoms with Gasteiger partial charge >= 0.3 is 23.9 Å². The van der Waals surface area contributed by atoms with Gasteiger partial charge in [-0.25, -0.2) is 19.2 Å². The van der Waals surface area contributed by atoms with E-state index in [0.29, 0.717) is 11.1 Å². The maximum Gasteiger partial charge on any atom is 0.346 e. The third-order valence-electron chi connectivity index (χ3n) is 5.11. The molecule has 0 bridgehead atoms. The van der Waals surface area contributed by atoms with Crippen LogP contribution in [0.15, 0.2) is 36.4 Å². The van der Waals surface area contributed by atoms with Gasteiger partial charge in [-0.15, -0.1) is 0 Å². The summed E-state index contributed by atoms with van der Waals surface area (Å²) in [5.41, 5.74) is 2.51. The molecule has 4 rings (SSSR count). The van der Waals surface area contributed by atoms with Crippen LogP contribution in [0.1, 0.15) is 91.1 Å². The lowest BCUT2D eigenvalue weighted by atomic mass is 10.1. The Morgan fingerprint density at radius 2 is 0.938 bits per heavy atom. The van der Waals surface area contributed by atoms with Crippen molar-refractivity contribution in [2.45, 2.75) is 38.5 Å². The maximum absolute atomic E-state index is 11.6. The number of hydrogen-bond donors (Lipinski definition) is 0. The van der Waals surface area contributed by atoms with Crippen molar-refractivity contribution in [2.24, 2.45) is 0 Å². The lowest BCUT2D eigenvalue weighted by molar-refractivity contribution is 0.0425. The van der Waals surface area contributed by atoms with E-state index in [9.17, 15) is 19.2 Å². The van der Waals surface area contributed by atoms with Crippen LogP contribution in [0.25, 0.3) is 0 Å². The van der Waals surface area contributed by atoms with E-state index in [0.717, 1.165) is 38.5 Å². The van der Waals surface area contributed by atoms with Crippen LogP contribution in [0.5, 0.6) is 0 Å². The van der Waals surface area contributed by atoms with Crippen molar-refractivity contribution in [2.75, 3.05) is 0 Å². The van der Waals surface area contributed by atoms with Crippen LogP contribution in [0.4, 0.5) is 0 Å². The Morgan fingerprint density at radius 3 is 1.38 bits per heavy atom. The molecule has 0 spiro atoms. The molecule has 0 saturated carbocycles. The summed E-state index contributed by atoms with van der Waals surface area (Å²) < 4.78 is 9.14. The summed E-state index contributed by atoms with van der Waals surface area (Å²) in [5.74, 6) is 9.76. The van der Waals surface area contributed by atoms with Gasteiger partial charge in [0.2, 0.25) is 0 Å². The van der Waals surface area contributed by atoms with Crippen LogP contribution in [-0.4, -0.2) is 23.9 Å². The highest BCUT2D eigenvalue weighted by Gasteiger charge is 2.30. The van der Waals surface area contributed by atoms with Gasteiger partial charge in [0.25, 0.3) is 0 Å². The molecule has 2 aliphatic rings. The number of fused-ring (bicyclic) bond motifs is 2. The zero-order valence-electron chi connectivity index (χ0n) is 17.2. The van der Waals surface area contributed by atoms with Crippen molar-refractivity contribution in [1.29, 1.82) is 0 Å². The number of carbonyl (C=O) groups excluding carboxylic acids is 4. The SMILES string of the molecule is O=C1OC(=O)c2cc(C#CCCCCCCC#Cc3ccc4c(c3)C(=O)OC4=O)ccc21. The first-order chi connectivity index (χ1) is 15.5. The highest BCUT2D eigenvalue weighted by Crippen LogP contribution is 2.21. The van der Waals surface area contributed by atoms with Gasteiger partial charge in [-0.1, -0.05) is 36.5 Å². The molecule has 0 amide bonds. The average molecular weight is 426 g/mol. The Labute approximate surface area is 184 Å². The molecule has 0 N–H and O–H groups in total. The molecule has 2 aromatic carbocycles. The second kappa shape index (κ2) is 9.32. The number of hydrogen-bond acceptors (Lipinski definition) is 6. The smallest absolute Gasteiger partial charge is 0.346 e. The van der Waals surface area contributed by atoms with E-state index >= 15 is 0 Å². The first-order valence-corrected chi connectivity index (χ1v) is 10.3. The maximum atomic E-state index is 11.6. The number of unbranched alkanes of at least 4 members (excludes halogenated alkanes) is 5. The summed E-state index contributed by atoms with van der Waals surface area (Å²) >= 11 is 0. The van der Waals surface area contributed by atoms with Crippen LogP contribution >= 0.6 is 0 Å². The first-order valence-electron chi connectivity index (χ1n) is 10.3. The fourth-order valence-electron chi connectivity index (χ4n) is 3.44. The molecule has 0 radical (unpaired) electrons. The Hall–Kier alpha value is -4.16. The molecule has 0 aromatic heterocycles. The van der Waals surface area contributed by atoms with Gasteiger partial charge in [0.15, 0.2) is 0 Å². The van der Waals surface area contributed by atoms with Crippen LogP contribution in [0.2, 0.25) is 0 Å². The minimum absolute atomic E-state index is 0.274. The molecule has 0 atom stereocenters. The predicted octanol–water partition coefficient (Wildman–Crippen LogP) is 4.05. The van der Waals surface area contributed by atoms with Gasteiger partial charge in [-0.05, 0) is 49.2 Å².